The number of carbonyl (C=O) groups is 1. The smallest absolute Gasteiger partial charge is 0.220 e. The maximum Gasteiger partial charge on any atom is 0.220 e. The molecule has 0 saturated carbocycles. The standard InChI is InChI=1S/C14H23N3O3S/c1-15-9-5-8-14(18)16-10-11-21(19,20)17-12-13-6-3-2-4-7-13/h2-4,6-7,15,17H,5,8-12H2,1H3,(H,16,18). The van der Waals surface area contributed by atoms with Gasteiger partial charge in [0.2, 0.25) is 15.9 Å². The van der Waals surface area contributed by atoms with E-state index in [1.165, 1.54) is 0 Å². The van der Waals surface area contributed by atoms with E-state index in [9.17, 15) is 13.2 Å². The molecule has 0 atom stereocenters. The Bertz CT molecular complexity index is 518. The largest absolute Gasteiger partial charge is 0.355 e. The lowest BCUT2D eigenvalue weighted by Crippen LogP contribution is -2.34. The van der Waals surface area contributed by atoms with Gasteiger partial charge in [0.15, 0.2) is 0 Å². The van der Waals surface area contributed by atoms with E-state index in [0.717, 1.165) is 18.5 Å². The first-order valence-corrected chi connectivity index (χ1v) is 8.61. The zero-order valence-corrected chi connectivity index (χ0v) is 13.1. The Labute approximate surface area is 126 Å². The Hall–Kier alpha value is -1.44. The topological polar surface area (TPSA) is 87.3 Å². The predicted molar refractivity (Wildman–Crippen MR) is 83.2 cm³/mol. The fourth-order valence-electron chi connectivity index (χ4n) is 1.70. The van der Waals surface area contributed by atoms with Crippen LogP contribution in [0.3, 0.4) is 0 Å². The summed E-state index contributed by atoms with van der Waals surface area (Å²) in [5, 5.41) is 5.56. The van der Waals surface area contributed by atoms with Crippen LogP contribution in [-0.2, 0) is 21.4 Å². The van der Waals surface area contributed by atoms with Crippen molar-refractivity contribution in [3.8, 4) is 0 Å². The van der Waals surface area contributed by atoms with Gasteiger partial charge in [0.05, 0.1) is 5.75 Å². The van der Waals surface area contributed by atoms with E-state index in [-0.39, 0.29) is 24.7 Å². The van der Waals surface area contributed by atoms with Crippen LogP contribution in [0.15, 0.2) is 30.3 Å². The molecule has 1 rings (SSSR count). The molecule has 0 bridgehead atoms. The van der Waals surface area contributed by atoms with Gasteiger partial charge in [0.1, 0.15) is 0 Å². The minimum absolute atomic E-state index is 0.113. The molecule has 1 amide bonds. The van der Waals surface area contributed by atoms with Gasteiger partial charge in [-0.1, -0.05) is 30.3 Å². The molecule has 1 aromatic rings. The van der Waals surface area contributed by atoms with Gasteiger partial charge >= 0.3 is 0 Å². The van der Waals surface area contributed by atoms with Crippen molar-refractivity contribution >= 4 is 15.9 Å². The highest BCUT2D eigenvalue weighted by Crippen LogP contribution is 1.98. The molecule has 0 spiro atoms. The molecule has 3 N–H and O–H groups in total. The van der Waals surface area contributed by atoms with Gasteiger partial charge in [0, 0.05) is 19.5 Å². The van der Waals surface area contributed by atoms with E-state index in [1.807, 2.05) is 37.4 Å². The molecule has 0 saturated heterocycles. The number of sulfonamides is 1. The third-order valence-corrected chi connectivity index (χ3v) is 4.19. The number of amides is 1. The second-order valence-electron chi connectivity index (χ2n) is 4.68. The molecule has 0 aromatic heterocycles. The molecule has 0 heterocycles. The number of benzene rings is 1. The van der Waals surface area contributed by atoms with E-state index < -0.39 is 10.0 Å². The summed E-state index contributed by atoms with van der Waals surface area (Å²) in [6.07, 6.45) is 1.14. The molecular formula is C14H23N3O3S. The van der Waals surface area contributed by atoms with Crippen LogP contribution >= 0.6 is 0 Å². The number of hydrogen-bond acceptors (Lipinski definition) is 4. The number of hydrogen-bond donors (Lipinski definition) is 3. The molecule has 0 radical (unpaired) electrons. The van der Waals surface area contributed by atoms with Crippen LogP contribution in [-0.4, -0.2) is 40.2 Å². The number of rotatable bonds is 10. The van der Waals surface area contributed by atoms with E-state index in [1.54, 1.807) is 0 Å². The van der Waals surface area contributed by atoms with E-state index >= 15 is 0 Å². The van der Waals surface area contributed by atoms with Crippen LogP contribution in [0, 0.1) is 0 Å². The highest BCUT2D eigenvalue weighted by atomic mass is 32.2. The molecule has 6 nitrogen and oxygen atoms in total. The lowest BCUT2D eigenvalue weighted by Gasteiger charge is -2.08. The summed E-state index contributed by atoms with van der Waals surface area (Å²) in [5.74, 6) is -0.235. The van der Waals surface area contributed by atoms with Crippen LogP contribution < -0.4 is 15.4 Å². The van der Waals surface area contributed by atoms with Gasteiger partial charge in [0.25, 0.3) is 0 Å². The fourth-order valence-corrected chi connectivity index (χ4v) is 2.60. The van der Waals surface area contributed by atoms with Gasteiger partial charge in [-0.25, -0.2) is 13.1 Å². The van der Waals surface area contributed by atoms with Crippen LogP contribution in [0.2, 0.25) is 0 Å². The molecule has 0 aliphatic heterocycles. The molecule has 7 heteroatoms. The van der Waals surface area contributed by atoms with Crippen molar-refractivity contribution in [3.05, 3.63) is 35.9 Å². The molecule has 21 heavy (non-hydrogen) atoms. The highest BCUT2D eigenvalue weighted by Gasteiger charge is 2.10. The monoisotopic (exact) mass is 313 g/mol. The first-order chi connectivity index (χ1) is 10.0. The Kier molecular flexibility index (Phi) is 7.96. The summed E-state index contributed by atoms with van der Waals surface area (Å²) in [7, 11) is -1.56. The molecule has 0 aliphatic rings. The summed E-state index contributed by atoms with van der Waals surface area (Å²) >= 11 is 0. The third-order valence-electron chi connectivity index (χ3n) is 2.86. The Morgan fingerprint density at radius 2 is 1.86 bits per heavy atom. The summed E-state index contributed by atoms with van der Waals surface area (Å²) < 4.78 is 26.1. The van der Waals surface area contributed by atoms with Crippen LogP contribution in [0.25, 0.3) is 0 Å². The molecule has 1 aromatic carbocycles. The van der Waals surface area contributed by atoms with Crippen LogP contribution in [0.5, 0.6) is 0 Å². The molecule has 0 fully saturated rings. The second kappa shape index (κ2) is 9.49. The second-order valence-corrected chi connectivity index (χ2v) is 6.61. The Morgan fingerprint density at radius 1 is 1.14 bits per heavy atom. The Morgan fingerprint density at radius 3 is 2.52 bits per heavy atom. The van der Waals surface area contributed by atoms with Crippen LogP contribution in [0.4, 0.5) is 0 Å². The van der Waals surface area contributed by atoms with Crippen molar-refractivity contribution in [1.29, 1.82) is 0 Å². The lowest BCUT2D eigenvalue weighted by atomic mass is 10.2. The maximum atomic E-state index is 11.8. The first kappa shape index (κ1) is 17.6. The average molecular weight is 313 g/mol. The summed E-state index contributed by atoms with van der Waals surface area (Å²) in [5.41, 5.74) is 0.900. The van der Waals surface area contributed by atoms with Crippen LogP contribution in [0.1, 0.15) is 18.4 Å². The SMILES string of the molecule is CNCCCC(=O)NCCS(=O)(=O)NCc1ccccc1. The summed E-state index contributed by atoms with van der Waals surface area (Å²) in [6.45, 7) is 1.16. The van der Waals surface area contributed by atoms with Crippen molar-refractivity contribution in [2.75, 3.05) is 25.9 Å². The molecule has 0 unspecified atom stereocenters. The lowest BCUT2D eigenvalue weighted by molar-refractivity contribution is -0.121. The molecular weight excluding hydrogens is 290 g/mol. The number of nitrogens with one attached hydrogen (secondary N) is 3. The van der Waals surface area contributed by atoms with Gasteiger partial charge in [-0.15, -0.1) is 0 Å². The van der Waals surface area contributed by atoms with Gasteiger partial charge in [-0.3, -0.25) is 4.79 Å². The van der Waals surface area contributed by atoms with E-state index in [4.69, 9.17) is 0 Å². The van der Waals surface area contributed by atoms with Crippen molar-refractivity contribution in [2.24, 2.45) is 0 Å². The fraction of sp³-hybridized carbons (Fsp3) is 0.500. The zero-order chi connectivity index (χ0) is 15.6. The first-order valence-electron chi connectivity index (χ1n) is 6.96. The quantitative estimate of drug-likeness (QED) is 0.539. The molecule has 118 valence electrons. The van der Waals surface area contributed by atoms with Crippen molar-refractivity contribution < 1.29 is 13.2 Å². The molecule has 0 aliphatic carbocycles. The van der Waals surface area contributed by atoms with Gasteiger partial charge in [-0.2, -0.15) is 0 Å². The minimum Gasteiger partial charge on any atom is -0.355 e. The van der Waals surface area contributed by atoms with Crippen molar-refractivity contribution in [2.45, 2.75) is 19.4 Å². The number of carbonyl (C=O) groups excluding carboxylic acids is 1. The predicted octanol–water partition coefficient (Wildman–Crippen LogP) is 0.222. The minimum atomic E-state index is -3.38. The van der Waals surface area contributed by atoms with Crippen molar-refractivity contribution in [1.82, 2.24) is 15.4 Å². The van der Waals surface area contributed by atoms with E-state index in [0.29, 0.717) is 6.42 Å². The summed E-state index contributed by atoms with van der Waals surface area (Å²) in [6, 6.07) is 9.30. The zero-order valence-electron chi connectivity index (χ0n) is 12.3. The average Bonchev–Trinajstić information content (AvgIpc) is 2.46. The van der Waals surface area contributed by atoms with Gasteiger partial charge < -0.3 is 10.6 Å². The third kappa shape index (κ3) is 8.44. The Balaban J connectivity index is 2.22. The summed E-state index contributed by atoms with van der Waals surface area (Å²) in [4.78, 5) is 11.4. The van der Waals surface area contributed by atoms with E-state index in [2.05, 4.69) is 15.4 Å². The van der Waals surface area contributed by atoms with Gasteiger partial charge in [-0.05, 0) is 25.6 Å². The van der Waals surface area contributed by atoms with Crippen molar-refractivity contribution in [3.63, 3.8) is 0 Å². The highest BCUT2D eigenvalue weighted by molar-refractivity contribution is 7.89. The maximum absolute atomic E-state index is 11.8. The normalized spacial score (nSPS) is 11.3.